The fourth-order valence-electron chi connectivity index (χ4n) is 6.63. The fourth-order valence-corrected chi connectivity index (χ4v) is 6.63. The Hall–Kier alpha value is -4.09. The number of carbonyl (C=O) groups is 1. The lowest BCUT2D eigenvalue weighted by atomic mass is 9.95. The summed E-state index contributed by atoms with van der Waals surface area (Å²) in [6.07, 6.45) is 4.53. The molecule has 0 amide bonds. The molecular weight excluding hydrogens is 582 g/mol. The average molecular weight is 626 g/mol. The first kappa shape index (κ1) is 31.9. The number of aromatic nitrogens is 2. The highest BCUT2D eigenvalue weighted by Gasteiger charge is 2.32. The van der Waals surface area contributed by atoms with Crippen LogP contribution in [0, 0.1) is 13.8 Å². The number of aliphatic hydroxyl groups is 1. The van der Waals surface area contributed by atoms with Gasteiger partial charge in [0.05, 0.1) is 32.3 Å². The summed E-state index contributed by atoms with van der Waals surface area (Å²) in [5.41, 5.74) is 7.14. The van der Waals surface area contributed by atoms with E-state index in [4.69, 9.17) is 14.5 Å². The van der Waals surface area contributed by atoms with Crippen LogP contribution in [0.2, 0.25) is 0 Å². The highest BCUT2D eigenvalue weighted by atomic mass is 16.5. The van der Waals surface area contributed by atoms with Gasteiger partial charge in [0.1, 0.15) is 11.3 Å². The van der Waals surface area contributed by atoms with Crippen molar-refractivity contribution in [2.75, 3.05) is 51.3 Å². The average Bonchev–Trinajstić information content (AvgIpc) is 3.38. The summed E-state index contributed by atoms with van der Waals surface area (Å²) in [5.74, 6) is 0.720. The number of aliphatic carboxylic acids is 1. The van der Waals surface area contributed by atoms with Crippen LogP contribution in [0.3, 0.4) is 0 Å². The molecule has 2 aromatic carbocycles. The highest BCUT2D eigenvalue weighted by molar-refractivity contribution is 5.91. The molecule has 6 rings (SSSR count). The molecule has 2 saturated heterocycles. The number of carboxylic acids is 1. The van der Waals surface area contributed by atoms with Crippen LogP contribution in [-0.4, -0.2) is 94.1 Å². The van der Waals surface area contributed by atoms with Crippen molar-refractivity contribution < 1.29 is 24.5 Å². The maximum atomic E-state index is 11.3. The number of ether oxygens (including phenoxy) is 2. The Balaban J connectivity index is 1.16. The number of β-amino-alcohol motifs (C(OH)–C–C–N with tert-alkyl or cyclic N) is 1. The SMILES string of the molecule is Cc1c(Nc2nccc3cc(CN4CC(O)CC4CC(=O)O)cnc23)cccc1-c1cccc(OCCCN2CCOCC2)c1C. The van der Waals surface area contributed by atoms with E-state index >= 15 is 0 Å². The van der Waals surface area contributed by atoms with Crippen LogP contribution in [0.5, 0.6) is 5.75 Å². The first-order valence-corrected chi connectivity index (χ1v) is 16.1. The number of anilines is 2. The normalized spacial score (nSPS) is 19.0. The minimum absolute atomic E-state index is 0.0146. The molecule has 10 nitrogen and oxygen atoms in total. The first-order valence-electron chi connectivity index (χ1n) is 16.1. The zero-order chi connectivity index (χ0) is 32.0. The van der Waals surface area contributed by atoms with Crippen LogP contribution >= 0.6 is 0 Å². The van der Waals surface area contributed by atoms with Gasteiger partial charge in [-0.25, -0.2) is 4.98 Å². The maximum Gasteiger partial charge on any atom is 0.304 e. The van der Waals surface area contributed by atoms with Crippen LogP contribution in [-0.2, 0) is 16.1 Å². The smallest absolute Gasteiger partial charge is 0.304 e. The monoisotopic (exact) mass is 625 g/mol. The molecule has 0 saturated carbocycles. The number of hydrogen-bond acceptors (Lipinski definition) is 9. The van der Waals surface area contributed by atoms with Crippen molar-refractivity contribution in [3.05, 3.63) is 77.6 Å². The lowest BCUT2D eigenvalue weighted by Gasteiger charge is -2.26. The molecule has 10 heteroatoms. The summed E-state index contributed by atoms with van der Waals surface area (Å²) in [7, 11) is 0. The molecule has 2 aromatic heterocycles. The summed E-state index contributed by atoms with van der Waals surface area (Å²) in [4.78, 5) is 25.2. The second-order valence-electron chi connectivity index (χ2n) is 12.3. The van der Waals surface area contributed by atoms with Gasteiger partial charge in [0, 0.05) is 62.2 Å². The Morgan fingerprint density at radius 3 is 2.65 bits per heavy atom. The van der Waals surface area contributed by atoms with E-state index in [2.05, 4.69) is 65.4 Å². The van der Waals surface area contributed by atoms with E-state index in [1.54, 1.807) is 6.20 Å². The van der Waals surface area contributed by atoms with Crippen molar-refractivity contribution in [1.82, 2.24) is 19.8 Å². The minimum atomic E-state index is -0.854. The van der Waals surface area contributed by atoms with Crippen molar-refractivity contribution in [3.8, 4) is 16.9 Å². The van der Waals surface area contributed by atoms with Gasteiger partial charge in [0.15, 0.2) is 5.82 Å². The second-order valence-corrected chi connectivity index (χ2v) is 12.3. The number of nitrogens with zero attached hydrogens (tertiary/aromatic N) is 4. The van der Waals surface area contributed by atoms with Crippen LogP contribution in [0.15, 0.2) is 60.9 Å². The molecule has 4 aromatic rings. The van der Waals surface area contributed by atoms with Gasteiger partial charge in [0.25, 0.3) is 0 Å². The summed E-state index contributed by atoms with van der Waals surface area (Å²) < 4.78 is 11.7. The Kier molecular flexibility index (Phi) is 10.1. The van der Waals surface area contributed by atoms with Crippen LogP contribution in [0.25, 0.3) is 22.0 Å². The number of carboxylic acid groups (broad SMARTS) is 1. The first-order chi connectivity index (χ1) is 22.4. The van der Waals surface area contributed by atoms with E-state index in [0.717, 1.165) is 89.4 Å². The molecular formula is C36H43N5O5. The molecule has 2 unspecified atom stereocenters. The number of nitrogens with one attached hydrogen (secondary N) is 1. The number of hydrogen-bond donors (Lipinski definition) is 3. The van der Waals surface area contributed by atoms with Gasteiger partial charge in [-0.3, -0.25) is 19.6 Å². The summed E-state index contributed by atoms with van der Waals surface area (Å²) in [5, 5.41) is 23.9. The number of morpholine rings is 1. The third kappa shape index (κ3) is 7.47. The lowest BCUT2D eigenvalue weighted by Crippen LogP contribution is -2.37. The van der Waals surface area contributed by atoms with Crippen molar-refractivity contribution in [1.29, 1.82) is 0 Å². The zero-order valence-electron chi connectivity index (χ0n) is 26.6. The number of fused-ring (bicyclic) bond motifs is 1. The van der Waals surface area contributed by atoms with Crippen molar-refractivity contribution in [3.63, 3.8) is 0 Å². The van der Waals surface area contributed by atoms with Gasteiger partial charge in [-0.15, -0.1) is 0 Å². The predicted molar refractivity (Wildman–Crippen MR) is 179 cm³/mol. The van der Waals surface area contributed by atoms with Crippen molar-refractivity contribution >= 4 is 28.4 Å². The molecule has 2 aliphatic rings. The third-order valence-corrected chi connectivity index (χ3v) is 9.10. The predicted octanol–water partition coefficient (Wildman–Crippen LogP) is 5.17. The lowest BCUT2D eigenvalue weighted by molar-refractivity contribution is -0.138. The fraction of sp³-hybridized carbons (Fsp3) is 0.417. The van der Waals surface area contributed by atoms with Gasteiger partial charge >= 0.3 is 5.97 Å². The molecule has 2 atom stereocenters. The van der Waals surface area contributed by atoms with E-state index in [1.807, 2.05) is 23.2 Å². The van der Waals surface area contributed by atoms with Gasteiger partial charge in [0.2, 0.25) is 0 Å². The molecule has 0 spiro atoms. The molecule has 0 aliphatic carbocycles. The Labute approximate surface area is 270 Å². The summed E-state index contributed by atoms with van der Waals surface area (Å²) in [6.45, 7) is 10.5. The van der Waals surface area contributed by atoms with E-state index < -0.39 is 12.1 Å². The quantitative estimate of drug-likeness (QED) is 0.182. The number of likely N-dealkylation sites (tertiary alicyclic amines) is 1. The summed E-state index contributed by atoms with van der Waals surface area (Å²) >= 11 is 0. The number of pyridine rings is 2. The summed E-state index contributed by atoms with van der Waals surface area (Å²) in [6, 6.07) is 16.3. The Bertz CT molecular complexity index is 1670. The molecule has 2 aliphatic heterocycles. The minimum Gasteiger partial charge on any atom is -0.493 e. The van der Waals surface area contributed by atoms with Crippen LogP contribution < -0.4 is 10.1 Å². The molecule has 3 N–H and O–H groups in total. The standard InChI is InChI=1S/C36H43N5O5/c1-24-30(31-7-4-9-33(25(31)2)46-15-5-12-40-13-16-45-17-14-40)6-3-8-32(24)39-36-35-27(10-11-37-36)18-26(21-38-35)22-41-23-29(42)19-28(41)20-34(43)44/h3-4,6-11,18,21,28-29,42H,5,12-17,19-20,22-23H2,1-2H3,(H,37,39)(H,43,44). The van der Waals surface area contributed by atoms with E-state index in [-0.39, 0.29) is 12.5 Å². The third-order valence-electron chi connectivity index (χ3n) is 9.10. The number of rotatable bonds is 12. The van der Waals surface area contributed by atoms with Gasteiger partial charge in [-0.2, -0.15) is 0 Å². The van der Waals surface area contributed by atoms with Crippen LogP contribution in [0.1, 0.15) is 36.0 Å². The van der Waals surface area contributed by atoms with Crippen molar-refractivity contribution in [2.45, 2.75) is 51.8 Å². The Morgan fingerprint density at radius 1 is 1.07 bits per heavy atom. The molecule has 4 heterocycles. The van der Waals surface area contributed by atoms with Gasteiger partial charge in [-0.1, -0.05) is 24.3 Å². The molecule has 242 valence electrons. The van der Waals surface area contributed by atoms with E-state index in [1.165, 1.54) is 0 Å². The maximum absolute atomic E-state index is 11.3. The van der Waals surface area contributed by atoms with E-state index in [9.17, 15) is 15.0 Å². The van der Waals surface area contributed by atoms with Crippen molar-refractivity contribution in [2.24, 2.45) is 0 Å². The zero-order valence-corrected chi connectivity index (χ0v) is 26.6. The Morgan fingerprint density at radius 2 is 1.85 bits per heavy atom. The largest absolute Gasteiger partial charge is 0.493 e. The topological polar surface area (TPSA) is 120 Å². The number of aliphatic hydroxyl groups excluding tert-OH is 1. The molecule has 2 fully saturated rings. The molecule has 0 radical (unpaired) electrons. The molecule has 0 bridgehead atoms. The highest BCUT2D eigenvalue weighted by Crippen LogP contribution is 2.36. The van der Waals surface area contributed by atoms with Crippen LogP contribution in [0.4, 0.5) is 11.5 Å². The van der Waals surface area contributed by atoms with E-state index in [0.29, 0.717) is 31.9 Å². The van der Waals surface area contributed by atoms with Gasteiger partial charge in [-0.05, 0) is 78.8 Å². The molecule has 46 heavy (non-hydrogen) atoms. The van der Waals surface area contributed by atoms with Gasteiger partial charge < -0.3 is 25.0 Å². The second kappa shape index (κ2) is 14.6. The number of benzene rings is 2.